The standard InChI is InChI=1S/C20H22N4O4/c1-2-26-16-7-5-15(6-8-16)21-20(25)24-11-9-14(10-12-24)18-22-23-19(28-18)17-4-3-13-27-17/h3-8,13-14H,2,9-12H2,1H3,(H,21,25). The number of nitrogens with zero attached hydrogens (tertiary/aromatic N) is 3. The number of urea groups is 1. The van der Waals surface area contributed by atoms with Gasteiger partial charge in [-0.15, -0.1) is 10.2 Å². The van der Waals surface area contributed by atoms with Crippen molar-refractivity contribution in [3.63, 3.8) is 0 Å². The summed E-state index contributed by atoms with van der Waals surface area (Å²) < 4.78 is 16.4. The van der Waals surface area contributed by atoms with Gasteiger partial charge in [0.05, 0.1) is 12.9 Å². The first-order chi connectivity index (χ1) is 13.7. The molecule has 0 aliphatic carbocycles. The number of likely N-dealkylation sites (tertiary alicyclic amines) is 1. The summed E-state index contributed by atoms with van der Waals surface area (Å²) in [7, 11) is 0. The molecule has 3 aromatic rings. The number of hydrogen-bond acceptors (Lipinski definition) is 6. The van der Waals surface area contributed by atoms with Gasteiger partial charge in [0.25, 0.3) is 5.89 Å². The molecule has 28 heavy (non-hydrogen) atoms. The molecule has 1 N–H and O–H groups in total. The molecule has 4 rings (SSSR count). The molecule has 0 unspecified atom stereocenters. The van der Waals surface area contributed by atoms with Crippen LogP contribution in [0.1, 0.15) is 31.6 Å². The van der Waals surface area contributed by atoms with Gasteiger partial charge in [0.15, 0.2) is 5.76 Å². The van der Waals surface area contributed by atoms with Gasteiger partial charge in [0, 0.05) is 24.7 Å². The second-order valence-electron chi connectivity index (χ2n) is 6.57. The second-order valence-corrected chi connectivity index (χ2v) is 6.57. The summed E-state index contributed by atoms with van der Waals surface area (Å²) in [6, 6.07) is 10.8. The van der Waals surface area contributed by atoms with Crippen LogP contribution in [0.3, 0.4) is 0 Å². The third kappa shape index (κ3) is 4.00. The number of rotatable bonds is 5. The molecular formula is C20H22N4O4. The van der Waals surface area contributed by atoms with Gasteiger partial charge in [-0.2, -0.15) is 0 Å². The van der Waals surface area contributed by atoms with Crippen molar-refractivity contribution in [1.29, 1.82) is 0 Å². The number of piperidine rings is 1. The highest BCUT2D eigenvalue weighted by Crippen LogP contribution is 2.29. The van der Waals surface area contributed by atoms with Gasteiger partial charge in [-0.25, -0.2) is 4.79 Å². The van der Waals surface area contributed by atoms with Crippen molar-refractivity contribution in [2.24, 2.45) is 0 Å². The van der Waals surface area contributed by atoms with Crippen LogP contribution in [0.15, 0.2) is 51.5 Å². The van der Waals surface area contributed by atoms with Crippen LogP contribution in [0.2, 0.25) is 0 Å². The van der Waals surface area contributed by atoms with Crippen molar-refractivity contribution in [3.8, 4) is 17.4 Å². The molecule has 1 aliphatic heterocycles. The van der Waals surface area contributed by atoms with Crippen LogP contribution in [0.25, 0.3) is 11.7 Å². The molecule has 0 radical (unpaired) electrons. The summed E-state index contributed by atoms with van der Waals surface area (Å²) in [4.78, 5) is 14.3. The van der Waals surface area contributed by atoms with Gasteiger partial charge < -0.3 is 23.8 Å². The van der Waals surface area contributed by atoms with Crippen LogP contribution >= 0.6 is 0 Å². The van der Waals surface area contributed by atoms with E-state index in [0.29, 0.717) is 37.2 Å². The summed E-state index contributed by atoms with van der Waals surface area (Å²) in [5.74, 6) is 2.47. The zero-order valence-corrected chi connectivity index (χ0v) is 15.6. The van der Waals surface area contributed by atoms with Crippen LogP contribution in [-0.4, -0.2) is 40.8 Å². The Kier molecular flexibility index (Phi) is 5.27. The van der Waals surface area contributed by atoms with E-state index in [1.165, 1.54) is 0 Å². The zero-order valence-electron chi connectivity index (χ0n) is 15.6. The van der Waals surface area contributed by atoms with Crippen molar-refractivity contribution in [2.45, 2.75) is 25.7 Å². The van der Waals surface area contributed by atoms with E-state index in [4.69, 9.17) is 13.6 Å². The molecule has 1 aromatic carbocycles. The average molecular weight is 382 g/mol. The number of amides is 2. The largest absolute Gasteiger partial charge is 0.494 e. The van der Waals surface area contributed by atoms with Crippen LogP contribution < -0.4 is 10.1 Å². The monoisotopic (exact) mass is 382 g/mol. The van der Waals surface area contributed by atoms with E-state index >= 15 is 0 Å². The molecule has 8 heteroatoms. The van der Waals surface area contributed by atoms with Crippen LogP contribution in [0.4, 0.5) is 10.5 Å². The van der Waals surface area contributed by atoms with Gasteiger partial charge in [-0.3, -0.25) is 0 Å². The van der Waals surface area contributed by atoms with E-state index in [0.717, 1.165) is 24.3 Å². The van der Waals surface area contributed by atoms with E-state index in [9.17, 15) is 4.79 Å². The van der Waals surface area contributed by atoms with E-state index in [1.807, 2.05) is 31.2 Å². The molecule has 1 fully saturated rings. The Bertz CT molecular complexity index is 897. The molecule has 2 amide bonds. The van der Waals surface area contributed by atoms with Crippen molar-refractivity contribution in [2.75, 3.05) is 25.0 Å². The number of ether oxygens (including phenoxy) is 1. The Morgan fingerprint density at radius 1 is 1.21 bits per heavy atom. The molecule has 1 aliphatic rings. The lowest BCUT2D eigenvalue weighted by molar-refractivity contribution is 0.190. The van der Waals surface area contributed by atoms with Gasteiger partial charge >= 0.3 is 6.03 Å². The first kappa shape index (κ1) is 18.1. The molecule has 0 atom stereocenters. The number of nitrogens with one attached hydrogen (secondary N) is 1. The minimum atomic E-state index is -0.107. The number of carbonyl (C=O) groups is 1. The molecule has 2 aromatic heterocycles. The topological polar surface area (TPSA) is 93.6 Å². The normalized spacial score (nSPS) is 14.8. The highest BCUT2D eigenvalue weighted by atomic mass is 16.5. The number of benzene rings is 1. The summed E-state index contributed by atoms with van der Waals surface area (Å²) in [6.45, 7) is 3.81. The molecule has 3 heterocycles. The van der Waals surface area contributed by atoms with Crippen LogP contribution in [-0.2, 0) is 0 Å². The van der Waals surface area contributed by atoms with Crippen LogP contribution in [0, 0.1) is 0 Å². The number of aromatic nitrogens is 2. The van der Waals surface area contributed by atoms with Crippen LogP contribution in [0.5, 0.6) is 5.75 Å². The maximum absolute atomic E-state index is 12.5. The number of hydrogen-bond donors (Lipinski definition) is 1. The SMILES string of the molecule is CCOc1ccc(NC(=O)N2CCC(c3nnc(-c4ccco4)o3)CC2)cc1. The van der Waals surface area contributed by atoms with Gasteiger partial charge in [-0.05, 0) is 56.2 Å². The molecule has 8 nitrogen and oxygen atoms in total. The lowest BCUT2D eigenvalue weighted by Gasteiger charge is -2.30. The molecule has 0 spiro atoms. The molecular weight excluding hydrogens is 360 g/mol. The average Bonchev–Trinajstić information content (AvgIpc) is 3.42. The van der Waals surface area contributed by atoms with Gasteiger partial charge in [-0.1, -0.05) is 0 Å². The number of carbonyl (C=O) groups excluding carboxylic acids is 1. The van der Waals surface area contributed by atoms with Crippen molar-refractivity contribution < 1.29 is 18.4 Å². The molecule has 0 bridgehead atoms. The summed E-state index contributed by atoms with van der Waals surface area (Å²) >= 11 is 0. The Hall–Kier alpha value is -3.29. The zero-order chi connectivity index (χ0) is 19.3. The fourth-order valence-electron chi connectivity index (χ4n) is 3.23. The number of furan rings is 1. The summed E-state index contributed by atoms with van der Waals surface area (Å²) in [6.07, 6.45) is 3.12. The first-order valence-electron chi connectivity index (χ1n) is 9.39. The Morgan fingerprint density at radius 3 is 2.68 bits per heavy atom. The number of anilines is 1. The minimum absolute atomic E-state index is 0.107. The van der Waals surface area contributed by atoms with Gasteiger partial charge in [0.2, 0.25) is 5.89 Å². The Labute approximate surface area is 162 Å². The molecule has 1 saturated heterocycles. The minimum Gasteiger partial charge on any atom is -0.494 e. The highest BCUT2D eigenvalue weighted by Gasteiger charge is 2.27. The summed E-state index contributed by atoms with van der Waals surface area (Å²) in [5.41, 5.74) is 0.746. The summed E-state index contributed by atoms with van der Waals surface area (Å²) in [5, 5.41) is 11.1. The van der Waals surface area contributed by atoms with E-state index in [1.54, 1.807) is 23.3 Å². The lowest BCUT2D eigenvalue weighted by atomic mass is 9.97. The van der Waals surface area contributed by atoms with Gasteiger partial charge in [0.1, 0.15) is 5.75 Å². The van der Waals surface area contributed by atoms with E-state index < -0.39 is 0 Å². The van der Waals surface area contributed by atoms with Crippen molar-refractivity contribution in [3.05, 3.63) is 48.6 Å². The van der Waals surface area contributed by atoms with E-state index in [2.05, 4.69) is 15.5 Å². The molecule has 0 saturated carbocycles. The molecule has 146 valence electrons. The maximum Gasteiger partial charge on any atom is 0.321 e. The maximum atomic E-state index is 12.5. The Morgan fingerprint density at radius 2 is 2.00 bits per heavy atom. The Balaban J connectivity index is 1.30. The highest BCUT2D eigenvalue weighted by molar-refractivity contribution is 5.89. The lowest BCUT2D eigenvalue weighted by Crippen LogP contribution is -2.40. The first-order valence-corrected chi connectivity index (χ1v) is 9.39. The predicted molar refractivity (Wildman–Crippen MR) is 102 cm³/mol. The third-order valence-corrected chi connectivity index (χ3v) is 4.72. The fourth-order valence-corrected chi connectivity index (χ4v) is 3.23. The van der Waals surface area contributed by atoms with E-state index in [-0.39, 0.29) is 11.9 Å². The quantitative estimate of drug-likeness (QED) is 0.713. The fraction of sp³-hybridized carbons (Fsp3) is 0.350. The third-order valence-electron chi connectivity index (χ3n) is 4.72. The van der Waals surface area contributed by atoms with Crippen molar-refractivity contribution in [1.82, 2.24) is 15.1 Å². The predicted octanol–water partition coefficient (Wildman–Crippen LogP) is 4.14. The van der Waals surface area contributed by atoms with Crippen molar-refractivity contribution >= 4 is 11.7 Å². The second kappa shape index (κ2) is 8.16. The smallest absolute Gasteiger partial charge is 0.321 e.